The molecule has 5 nitrogen and oxygen atoms in total. The first-order valence-electron chi connectivity index (χ1n) is 7.01. The second kappa shape index (κ2) is 7.94. The second-order valence-electron chi connectivity index (χ2n) is 4.80. The summed E-state index contributed by atoms with van der Waals surface area (Å²) in [5.41, 5.74) is 0.981. The van der Waals surface area contributed by atoms with E-state index in [4.69, 9.17) is 23.2 Å². The molecule has 0 aliphatic heterocycles. The van der Waals surface area contributed by atoms with Crippen LogP contribution in [0.1, 0.15) is 34.2 Å². The number of halogens is 2. The van der Waals surface area contributed by atoms with Crippen molar-refractivity contribution in [3.8, 4) is 0 Å². The molecule has 2 aromatic rings. The van der Waals surface area contributed by atoms with Gasteiger partial charge in [-0.2, -0.15) is 0 Å². The van der Waals surface area contributed by atoms with E-state index in [2.05, 4.69) is 15.6 Å². The number of aromatic nitrogens is 1. The summed E-state index contributed by atoms with van der Waals surface area (Å²) in [5, 5.41) is 6.23. The molecule has 0 fully saturated rings. The third-order valence-electron chi connectivity index (χ3n) is 2.91. The summed E-state index contributed by atoms with van der Waals surface area (Å²) in [5.74, 6) is -0.692. The third-order valence-corrected chi connectivity index (χ3v) is 3.35. The predicted octanol–water partition coefficient (Wildman–Crippen LogP) is 3.78. The van der Waals surface area contributed by atoms with Gasteiger partial charge in [0.1, 0.15) is 5.69 Å². The van der Waals surface area contributed by atoms with E-state index < -0.39 is 0 Å². The Morgan fingerprint density at radius 2 is 1.78 bits per heavy atom. The van der Waals surface area contributed by atoms with Crippen molar-refractivity contribution in [2.45, 2.75) is 13.3 Å². The molecule has 23 heavy (non-hydrogen) atoms. The van der Waals surface area contributed by atoms with Gasteiger partial charge >= 0.3 is 0 Å². The molecule has 1 aromatic heterocycles. The van der Waals surface area contributed by atoms with Gasteiger partial charge in [-0.25, -0.2) is 0 Å². The molecule has 0 bridgehead atoms. The maximum atomic E-state index is 12.3. The molecule has 0 atom stereocenters. The number of nitrogens with zero attached hydrogens (tertiary/aromatic N) is 1. The van der Waals surface area contributed by atoms with Gasteiger partial charge in [-0.1, -0.05) is 30.1 Å². The molecular weight excluding hydrogens is 337 g/mol. The van der Waals surface area contributed by atoms with Gasteiger partial charge in [0.2, 0.25) is 0 Å². The van der Waals surface area contributed by atoms with Gasteiger partial charge in [0.25, 0.3) is 11.8 Å². The van der Waals surface area contributed by atoms with E-state index in [0.29, 0.717) is 27.8 Å². The van der Waals surface area contributed by atoms with Crippen LogP contribution in [0.3, 0.4) is 0 Å². The van der Waals surface area contributed by atoms with E-state index in [-0.39, 0.29) is 17.5 Å². The van der Waals surface area contributed by atoms with E-state index in [1.165, 1.54) is 18.3 Å². The van der Waals surface area contributed by atoms with E-state index in [1.807, 2.05) is 6.92 Å². The van der Waals surface area contributed by atoms with Crippen molar-refractivity contribution in [1.82, 2.24) is 10.3 Å². The fourth-order valence-electron chi connectivity index (χ4n) is 1.85. The van der Waals surface area contributed by atoms with Gasteiger partial charge in [-0.15, -0.1) is 0 Å². The van der Waals surface area contributed by atoms with Gasteiger partial charge in [0, 0.05) is 34.0 Å². The van der Waals surface area contributed by atoms with Gasteiger partial charge in [0.15, 0.2) is 0 Å². The first-order valence-corrected chi connectivity index (χ1v) is 7.77. The highest BCUT2D eigenvalue weighted by Gasteiger charge is 2.12. The summed E-state index contributed by atoms with van der Waals surface area (Å²) in [4.78, 5) is 28.1. The molecule has 0 saturated heterocycles. The molecule has 7 heteroatoms. The Bertz CT molecular complexity index is 715. The largest absolute Gasteiger partial charge is 0.351 e. The lowest BCUT2D eigenvalue weighted by atomic mass is 10.2. The van der Waals surface area contributed by atoms with Crippen molar-refractivity contribution >= 4 is 40.7 Å². The van der Waals surface area contributed by atoms with Crippen LogP contribution < -0.4 is 10.6 Å². The van der Waals surface area contributed by atoms with Gasteiger partial charge < -0.3 is 10.6 Å². The van der Waals surface area contributed by atoms with Crippen LogP contribution >= 0.6 is 23.2 Å². The highest BCUT2D eigenvalue weighted by Crippen LogP contribution is 2.22. The van der Waals surface area contributed by atoms with Crippen LogP contribution in [-0.4, -0.2) is 23.3 Å². The summed E-state index contributed by atoms with van der Waals surface area (Å²) < 4.78 is 0. The Balaban J connectivity index is 2.14. The lowest BCUT2D eigenvalue weighted by molar-refractivity contribution is 0.0948. The molecule has 0 radical (unpaired) electrons. The summed E-state index contributed by atoms with van der Waals surface area (Å²) in [7, 11) is 0. The molecular formula is C16H15Cl2N3O2. The lowest BCUT2D eigenvalue weighted by Crippen LogP contribution is -2.25. The molecule has 0 unspecified atom stereocenters. The molecule has 0 saturated carbocycles. The Labute approximate surface area is 144 Å². The quantitative estimate of drug-likeness (QED) is 0.860. The topological polar surface area (TPSA) is 71.1 Å². The number of amides is 2. The van der Waals surface area contributed by atoms with Crippen LogP contribution in [0, 0.1) is 0 Å². The van der Waals surface area contributed by atoms with Crippen molar-refractivity contribution in [1.29, 1.82) is 0 Å². The number of hydrogen-bond acceptors (Lipinski definition) is 3. The smallest absolute Gasteiger partial charge is 0.269 e. The molecule has 2 rings (SSSR count). The summed E-state index contributed by atoms with van der Waals surface area (Å²) >= 11 is 11.8. The van der Waals surface area contributed by atoms with Crippen molar-refractivity contribution < 1.29 is 9.59 Å². The Kier molecular flexibility index (Phi) is 5.96. The zero-order valence-electron chi connectivity index (χ0n) is 12.4. The Morgan fingerprint density at radius 1 is 1.09 bits per heavy atom. The molecule has 2 N–H and O–H groups in total. The van der Waals surface area contributed by atoms with E-state index in [0.717, 1.165) is 6.42 Å². The third kappa shape index (κ3) is 4.94. The first-order chi connectivity index (χ1) is 11.0. The Morgan fingerprint density at radius 3 is 2.43 bits per heavy atom. The number of anilines is 1. The van der Waals surface area contributed by atoms with Crippen LogP contribution in [-0.2, 0) is 0 Å². The van der Waals surface area contributed by atoms with Gasteiger partial charge in [-0.05, 0) is 36.8 Å². The standard InChI is InChI=1S/C16H15Cl2N3O2/c1-2-4-20-16(23)14-6-10(3-5-19-14)15(22)21-13-8-11(17)7-12(18)9-13/h3,5-9H,2,4H2,1H3,(H,20,23)(H,21,22). The number of benzene rings is 1. The summed E-state index contributed by atoms with van der Waals surface area (Å²) in [6.07, 6.45) is 2.24. The molecule has 0 aliphatic rings. The van der Waals surface area contributed by atoms with E-state index in [1.54, 1.807) is 18.2 Å². The van der Waals surface area contributed by atoms with E-state index in [9.17, 15) is 9.59 Å². The van der Waals surface area contributed by atoms with Crippen molar-refractivity contribution in [2.75, 3.05) is 11.9 Å². The molecule has 2 amide bonds. The average Bonchev–Trinajstić information content (AvgIpc) is 2.51. The number of carbonyl (C=O) groups excluding carboxylic acids is 2. The van der Waals surface area contributed by atoms with Crippen LogP contribution in [0.2, 0.25) is 10.0 Å². The number of carbonyl (C=O) groups is 2. The van der Waals surface area contributed by atoms with Crippen LogP contribution in [0.15, 0.2) is 36.5 Å². The summed E-state index contributed by atoms with van der Waals surface area (Å²) in [6, 6.07) is 7.70. The number of nitrogens with one attached hydrogen (secondary N) is 2. The normalized spacial score (nSPS) is 10.2. The minimum atomic E-state index is -0.379. The maximum absolute atomic E-state index is 12.3. The van der Waals surface area contributed by atoms with E-state index >= 15 is 0 Å². The molecule has 1 heterocycles. The van der Waals surface area contributed by atoms with Crippen molar-refractivity contribution in [3.05, 3.63) is 57.8 Å². The fraction of sp³-hybridized carbons (Fsp3) is 0.188. The highest BCUT2D eigenvalue weighted by atomic mass is 35.5. The fourth-order valence-corrected chi connectivity index (χ4v) is 2.38. The minimum absolute atomic E-state index is 0.190. The van der Waals surface area contributed by atoms with Gasteiger partial charge in [-0.3, -0.25) is 14.6 Å². The molecule has 120 valence electrons. The average molecular weight is 352 g/mol. The summed E-state index contributed by atoms with van der Waals surface area (Å²) in [6.45, 7) is 2.51. The zero-order valence-corrected chi connectivity index (χ0v) is 13.9. The van der Waals surface area contributed by atoms with Gasteiger partial charge in [0.05, 0.1) is 0 Å². The lowest BCUT2D eigenvalue weighted by Gasteiger charge is -2.08. The first kappa shape index (κ1) is 17.2. The predicted molar refractivity (Wildman–Crippen MR) is 91.3 cm³/mol. The van der Waals surface area contributed by atoms with Crippen LogP contribution in [0.25, 0.3) is 0 Å². The molecule has 0 aliphatic carbocycles. The number of hydrogen-bond donors (Lipinski definition) is 2. The second-order valence-corrected chi connectivity index (χ2v) is 5.67. The van der Waals surface area contributed by atoms with Crippen LogP contribution in [0.5, 0.6) is 0 Å². The minimum Gasteiger partial charge on any atom is -0.351 e. The van der Waals surface area contributed by atoms with Crippen molar-refractivity contribution in [3.63, 3.8) is 0 Å². The Hall–Kier alpha value is -2.11. The zero-order chi connectivity index (χ0) is 16.8. The maximum Gasteiger partial charge on any atom is 0.269 e. The monoisotopic (exact) mass is 351 g/mol. The highest BCUT2D eigenvalue weighted by molar-refractivity contribution is 6.35. The number of rotatable bonds is 5. The molecule has 0 spiro atoms. The van der Waals surface area contributed by atoms with Crippen LogP contribution in [0.4, 0.5) is 5.69 Å². The molecule has 1 aromatic carbocycles. The van der Waals surface area contributed by atoms with Crippen molar-refractivity contribution in [2.24, 2.45) is 0 Å². The SMILES string of the molecule is CCCNC(=O)c1cc(C(=O)Nc2cc(Cl)cc(Cl)c2)ccn1. The number of pyridine rings is 1.